The maximum absolute atomic E-state index is 12.2. The third-order valence-electron chi connectivity index (χ3n) is 4.04. The van der Waals surface area contributed by atoms with E-state index in [1.807, 2.05) is 16.4 Å². The predicted octanol–water partition coefficient (Wildman–Crippen LogP) is 1.14. The van der Waals surface area contributed by atoms with Crippen molar-refractivity contribution in [2.75, 3.05) is 18.8 Å². The van der Waals surface area contributed by atoms with Gasteiger partial charge in [-0.15, -0.1) is 10.2 Å². The number of rotatable bonds is 7. The molecule has 26 heavy (non-hydrogen) atoms. The Balaban J connectivity index is 1.95. The smallest absolute Gasteiger partial charge is 0.321 e. The molecule has 0 atom stereocenters. The van der Waals surface area contributed by atoms with Crippen molar-refractivity contribution in [2.45, 2.75) is 57.8 Å². The van der Waals surface area contributed by atoms with Gasteiger partial charge in [0.2, 0.25) is 11.8 Å². The van der Waals surface area contributed by atoms with Crippen LogP contribution in [0, 0.1) is 0 Å². The normalized spacial score (nSPS) is 14.8. The molecule has 1 aromatic heterocycles. The topological polar surface area (TPSA) is 109 Å². The fraction of sp³-hybridized carbons (Fsp3) is 0.688. The Kier molecular flexibility index (Phi) is 7.89. The molecule has 0 spiro atoms. The zero-order valence-corrected chi connectivity index (χ0v) is 16.1. The highest BCUT2D eigenvalue weighted by Crippen LogP contribution is 2.19. The van der Waals surface area contributed by atoms with Crippen molar-refractivity contribution < 1.29 is 14.4 Å². The number of imide groups is 1. The van der Waals surface area contributed by atoms with Crippen LogP contribution in [0.4, 0.5) is 4.79 Å². The molecule has 0 radical (unpaired) electrons. The van der Waals surface area contributed by atoms with E-state index in [9.17, 15) is 14.4 Å². The van der Waals surface area contributed by atoms with Gasteiger partial charge >= 0.3 is 6.03 Å². The van der Waals surface area contributed by atoms with E-state index >= 15 is 0 Å². The van der Waals surface area contributed by atoms with Gasteiger partial charge in [0, 0.05) is 26.1 Å². The number of amides is 4. The molecule has 0 unspecified atom stereocenters. The molecule has 2 N–H and O–H groups in total. The molecular formula is C16H26N6O3S. The van der Waals surface area contributed by atoms with Crippen LogP contribution in [0.5, 0.6) is 0 Å². The van der Waals surface area contributed by atoms with Gasteiger partial charge in [-0.2, -0.15) is 0 Å². The summed E-state index contributed by atoms with van der Waals surface area (Å²) in [6, 6.07) is -0.504. The van der Waals surface area contributed by atoms with Crippen molar-refractivity contribution in [2.24, 2.45) is 0 Å². The molecule has 144 valence electrons. The molecule has 2 heterocycles. The van der Waals surface area contributed by atoms with Crippen molar-refractivity contribution in [3.8, 4) is 0 Å². The second-order valence-corrected chi connectivity index (χ2v) is 6.91. The Morgan fingerprint density at radius 1 is 1.19 bits per heavy atom. The minimum absolute atomic E-state index is 0.0674. The SMILES string of the molecule is CCNC(=O)NC(=O)CSc1nnc(CN2CCCCCC2=O)n1CC. The van der Waals surface area contributed by atoms with E-state index in [0.717, 1.165) is 31.6 Å². The Labute approximate surface area is 157 Å². The van der Waals surface area contributed by atoms with Crippen molar-refractivity contribution in [1.29, 1.82) is 0 Å². The van der Waals surface area contributed by atoms with E-state index in [0.29, 0.717) is 31.2 Å². The molecule has 1 saturated heterocycles. The number of nitrogens with zero attached hydrogens (tertiary/aromatic N) is 4. The minimum Gasteiger partial charge on any atom is -0.338 e. The summed E-state index contributed by atoms with van der Waals surface area (Å²) in [6.07, 6.45) is 3.61. The van der Waals surface area contributed by atoms with Crippen LogP contribution in [-0.2, 0) is 22.7 Å². The van der Waals surface area contributed by atoms with Gasteiger partial charge in [0.1, 0.15) is 0 Å². The average molecular weight is 382 g/mol. The summed E-state index contributed by atoms with van der Waals surface area (Å²) >= 11 is 1.22. The number of urea groups is 1. The second-order valence-electron chi connectivity index (χ2n) is 5.97. The number of carbonyl (C=O) groups is 3. The molecule has 1 aromatic rings. The lowest BCUT2D eigenvalue weighted by atomic mass is 10.2. The molecule has 4 amide bonds. The van der Waals surface area contributed by atoms with Crippen LogP contribution >= 0.6 is 11.8 Å². The van der Waals surface area contributed by atoms with Gasteiger partial charge in [-0.3, -0.25) is 14.9 Å². The fourth-order valence-corrected chi connectivity index (χ4v) is 3.56. The van der Waals surface area contributed by atoms with Crippen LogP contribution in [0.2, 0.25) is 0 Å². The average Bonchev–Trinajstić information content (AvgIpc) is 2.88. The zero-order valence-electron chi connectivity index (χ0n) is 15.3. The number of hydrogen-bond acceptors (Lipinski definition) is 6. The molecule has 9 nitrogen and oxygen atoms in total. The molecule has 2 rings (SSSR count). The van der Waals surface area contributed by atoms with E-state index in [2.05, 4.69) is 20.8 Å². The van der Waals surface area contributed by atoms with E-state index in [1.165, 1.54) is 11.8 Å². The summed E-state index contributed by atoms with van der Waals surface area (Å²) in [7, 11) is 0. The number of aromatic nitrogens is 3. The van der Waals surface area contributed by atoms with Crippen molar-refractivity contribution in [3.05, 3.63) is 5.82 Å². The van der Waals surface area contributed by atoms with Gasteiger partial charge in [-0.1, -0.05) is 18.2 Å². The molecule has 1 fully saturated rings. The summed E-state index contributed by atoms with van der Waals surface area (Å²) in [5.41, 5.74) is 0. The Hall–Kier alpha value is -2.10. The van der Waals surface area contributed by atoms with Gasteiger partial charge in [0.25, 0.3) is 0 Å². The van der Waals surface area contributed by atoms with E-state index in [4.69, 9.17) is 0 Å². The Morgan fingerprint density at radius 3 is 2.73 bits per heavy atom. The Bertz CT molecular complexity index is 648. The lowest BCUT2D eigenvalue weighted by molar-refractivity contribution is -0.131. The summed E-state index contributed by atoms with van der Waals surface area (Å²) in [6.45, 7) is 6.02. The number of thioether (sulfide) groups is 1. The predicted molar refractivity (Wildman–Crippen MR) is 97.5 cm³/mol. The molecule has 0 saturated carbocycles. The number of likely N-dealkylation sites (tertiary alicyclic amines) is 1. The highest BCUT2D eigenvalue weighted by Gasteiger charge is 2.21. The lowest BCUT2D eigenvalue weighted by Gasteiger charge is -2.20. The van der Waals surface area contributed by atoms with Crippen LogP contribution in [-0.4, -0.2) is 56.4 Å². The van der Waals surface area contributed by atoms with E-state index < -0.39 is 11.9 Å². The first-order chi connectivity index (χ1) is 12.5. The van der Waals surface area contributed by atoms with Crippen molar-refractivity contribution in [3.63, 3.8) is 0 Å². The maximum atomic E-state index is 12.2. The van der Waals surface area contributed by atoms with Crippen LogP contribution in [0.3, 0.4) is 0 Å². The molecular weight excluding hydrogens is 356 g/mol. The first kappa shape index (κ1) is 20.2. The maximum Gasteiger partial charge on any atom is 0.321 e. The molecule has 0 aromatic carbocycles. The third-order valence-corrected chi connectivity index (χ3v) is 5.00. The van der Waals surface area contributed by atoms with Crippen LogP contribution < -0.4 is 10.6 Å². The molecule has 10 heteroatoms. The number of nitrogens with one attached hydrogen (secondary N) is 2. The zero-order chi connectivity index (χ0) is 18.9. The largest absolute Gasteiger partial charge is 0.338 e. The standard InChI is InChI=1S/C16H26N6O3S/c1-3-17-15(25)18-13(23)11-26-16-20-19-12(22(16)4-2)10-21-9-7-5-6-8-14(21)24/h3-11H2,1-2H3,(H2,17,18,23,25). The molecule has 1 aliphatic heterocycles. The van der Waals surface area contributed by atoms with Gasteiger partial charge in [-0.25, -0.2) is 4.79 Å². The third kappa shape index (κ3) is 5.72. The number of hydrogen-bond donors (Lipinski definition) is 2. The van der Waals surface area contributed by atoms with Crippen LogP contribution in [0.1, 0.15) is 45.4 Å². The van der Waals surface area contributed by atoms with E-state index in [1.54, 1.807) is 6.92 Å². The van der Waals surface area contributed by atoms with Gasteiger partial charge in [-0.05, 0) is 26.7 Å². The van der Waals surface area contributed by atoms with Gasteiger partial charge < -0.3 is 14.8 Å². The van der Waals surface area contributed by atoms with E-state index in [-0.39, 0.29) is 11.7 Å². The monoisotopic (exact) mass is 382 g/mol. The van der Waals surface area contributed by atoms with Crippen molar-refractivity contribution >= 4 is 29.6 Å². The van der Waals surface area contributed by atoms with Gasteiger partial charge in [0.05, 0.1) is 12.3 Å². The summed E-state index contributed by atoms with van der Waals surface area (Å²) in [4.78, 5) is 37.2. The first-order valence-electron chi connectivity index (χ1n) is 8.95. The molecule has 0 aliphatic carbocycles. The first-order valence-corrected chi connectivity index (χ1v) is 9.94. The molecule has 1 aliphatic rings. The van der Waals surface area contributed by atoms with Crippen LogP contribution in [0.15, 0.2) is 5.16 Å². The Morgan fingerprint density at radius 2 is 2.00 bits per heavy atom. The summed E-state index contributed by atoms with van der Waals surface area (Å²) < 4.78 is 1.90. The van der Waals surface area contributed by atoms with Crippen molar-refractivity contribution in [1.82, 2.24) is 30.3 Å². The quantitative estimate of drug-likeness (QED) is 0.685. The highest BCUT2D eigenvalue weighted by molar-refractivity contribution is 7.99. The fourth-order valence-electron chi connectivity index (χ4n) is 2.73. The van der Waals surface area contributed by atoms with Gasteiger partial charge in [0.15, 0.2) is 11.0 Å². The summed E-state index contributed by atoms with van der Waals surface area (Å²) in [5, 5.41) is 13.7. The number of carbonyl (C=O) groups excluding carboxylic acids is 3. The molecule has 0 bridgehead atoms. The summed E-state index contributed by atoms with van der Waals surface area (Å²) in [5.74, 6) is 0.548. The van der Waals surface area contributed by atoms with Crippen LogP contribution in [0.25, 0.3) is 0 Å². The highest BCUT2D eigenvalue weighted by atomic mass is 32.2. The second kappa shape index (κ2) is 10.1. The minimum atomic E-state index is -0.504. The lowest BCUT2D eigenvalue weighted by Crippen LogP contribution is -2.40.